The van der Waals surface area contributed by atoms with Crippen LogP contribution in [0.5, 0.6) is 0 Å². The number of carbonyl (C=O) groups excluding carboxylic acids is 2. The molecule has 1 aliphatic heterocycles. The molecule has 5 nitrogen and oxygen atoms in total. The van der Waals surface area contributed by atoms with Gasteiger partial charge in [-0.15, -0.1) is 0 Å². The van der Waals surface area contributed by atoms with Crippen LogP contribution in [0.1, 0.15) is 12.8 Å². The Morgan fingerprint density at radius 3 is 2.75 bits per heavy atom. The monoisotopic (exact) mass is 226 g/mol. The van der Waals surface area contributed by atoms with Gasteiger partial charge in [0, 0.05) is 20.6 Å². The van der Waals surface area contributed by atoms with E-state index in [2.05, 4.69) is 11.9 Å². The summed E-state index contributed by atoms with van der Waals surface area (Å²) in [6, 6.07) is 0. The van der Waals surface area contributed by atoms with Gasteiger partial charge < -0.3 is 15.0 Å². The zero-order valence-corrected chi connectivity index (χ0v) is 9.73. The molecule has 0 aliphatic carbocycles. The average molecular weight is 226 g/mol. The summed E-state index contributed by atoms with van der Waals surface area (Å²) >= 11 is 0. The number of likely N-dealkylation sites (N-methyl/N-ethyl adjacent to an activating group) is 1. The summed E-state index contributed by atoms with van der Waals surface area (Å²) in [5.41, 5.74) is 0. The third kappa shape index (κ3) is 3.34. The van der Waals surface area contributed by atoms with Crippen LogP contribution in [-0.4, -0.2) is 49.6 Å². The molecule has 0 radical (unpaired) electrons. The smallest absolute Gasteiger partial charge is 0.251 e. The van der Waals surface area contributed by atoms with E-state index in [0.29, 0.717) is 13.0 Å². The molecule has 2 amide bonds. The summed E-state index contributed by atoms with van der Waals surface area (Å²) in [6.07, 6.45) is 2.29. The van der Waals surface area contributed by atoms with Gasteiger partial charge in [-0.25, -0.2) is 0 Å². The fourth-order valence-corrected chi connectivity index (χ4v) is 1.61. The first kappa shape index (κ1) is 12.7. The average Bonchev–Trinajstić information content (AvgIpc) is 2.73. The zero-order valence-electron chi connectivity index (χ0n) is 9.73. The molecule has 0 aromatic rings. The maximum atomic E-state index is 11.6. The van der Waals surface area contributed by atoms with Gasteiger partial charge in [-0.2, -0.15) is 0 Å². The van der Waals surface area contributed by atoms with Gasteiger partial charge in [0.05, 0.1) is 6.10 Å². The molecule has 16 heavy (non-hydrogen) atoms. The quantitative estimate of drug-likeness (QED) is 0.682. The lowest BCUT2D eigenvalue weighted by atomic mass is 10.2. The predicted molar refractivity (Wildman–Crippen MR) is 59.8 cm³/mol. The number of ether oxygens (including phenoxy) is 1. The Morgan fingerprint density at radius 1 is 1.50 bits per heavy atom. The largest absolute Gasteiger partial charge is 0.363 e. The second kappa shape index (κ2) is 5.65. The molecule has 2 atom stereocenters. The first-order valence-corrected chi connectivity index (χ1v) is 5.31. The number of rotatable bonds is 4. The Balaban J connectivity index is 2.32. The van der Waals surface area contributed by atoms with Gasteiger partial charge in [0.1, 0.15) is 6.10 Å². The van der Waals surface area contributed by atoms with Crippen molar-refractivity contribution in [2.24, 2.45) is 0 Å². The Morgan fingerprint density at radius 2 is 2.19 bits per heavy atom. The molecular formula is C11H18N2O3. The number of nitrogens with zero attached hydrogens (tertiary/aromatic N) is 1. The first-order chi connectivity index (χ1) is 7.54. The van der Waals surface area contributed by atoms with E-state index in [1.807, 2.05) is 0 Å². The highest BCUT2D eigenvalue weighted by atomic mass is 16.5. The van der Waals surface area contributed by atoms with Crippen LogP contribution in [0.2, 0.25) is 0 Å². The van der Waals surface area contributed by atoms with Gasteiger partial charge >= 0.3 is 0 Å². The molecule has 1 fully saturated rings. The summed E-state index contributed by atoms with van der Waals surface area (Å²) in [5.74, 6) is -0.233. The SMILES string of the molecule is C=CC(=O)NCC1CCC(C(=O)N(C)C)O1. The number of amides is 2. The van der Waals surface area contributed by atoms with E-state index in [1.165, 1.54) is 11.0 Å². The van der Waals surface area contributed by atoms with Crippen LogP contribution in [-0.2, 0) is 14.3 Å². The van der Waals surface area contributed by atoms with Gasteiger partial charge in [0.15, 0.2) is 0 Å². The standard InChI is InChI=1S/C11H18N2O3/c1-4-10(14)12-7-8-5-6-9(16-8)11(15)13(2)3/h4,8-9H,1,5-7H2,2-3H3,(H,12,14). The Hall–Kier alpha value is -1.36. The lowest BCUT2D eigenvalue weighted by Gasteiger charge is -2.17. The van der Waals surface area contributed by atoms with Crippen LogP contribution in [0.4, 0.5) is 0 Å². The van der Waals surface area contributed by atoms with Gasteiger partial charge in [-0.3, -0.25) is 9.59 Å². The van der Waals surface area contributed by atoms with Crippen molar-refractivity contribution in [1.82, 2.24) is 10.2 Å². The van der Waals surface area contributed by atoms with Gasteiger partial charge in [-0.05, 0) is 18.9 Å². The van der Waals surface area contributed by atoms with Crippen LogP contribution in [0.25, 0.3) is 0 Å². The number of carbonyl (C=O) groups is 2. The Kier molecular flexibility index (Phi) is 4.49. The lowest BCUT2D eigenvalue weighted by Crippen LogP contribution is -2.36. The van der Waals surface area contributed by atoms with E-state index in [1.54, 1.807) is 14.1 Å². The molecule has 0 aromatic heterocycles. The summed E-state index contributed by atoms with van der Waals surface area (Å²) in [4.78, 5) is 24.0. The van der Waals surface area contributed by atoms with Crippen LogP contribution < -0.4 is 5.32 Å². The van der Waals surface area contributed by atoms with Crippen molar-refractivity contribution >= 4 is 11.8 Å². The van der Waals surface area contributed by atoms with Crippen molar-refractivity contribution in [3.63, 3.8) is 0 Å². The third-order valence-electron chi connectivity index (χ3n) is 2.51. The zero-order chi connectivity index (χ0) is 12.1. The lowest BCUT2D eigenvalue weighted by molar-refractivity contribution is -0.140. The third-order valence-corrected chi connectivity index (χ3v) is 2.51. The predicted octanol–water partition coefficient (Wildman–Crippen LogP) is -0.0756. The van der Waals surface area contributed by atoms with E-state index >= 15 is 0 Å². The minimum Gasteiger partial charge on any atom is -0.363 e. The molecule has 2 unspecified atom stereocenters. The van der Waals surface area contributed by atoms with Crippen molar-refractivity contribution in [2.45, 2.75) is 25.0 Å². The van der Waals surface area contributed by atoms with E-state index in [-0.39, 0.29) is 24.0 Å². The second-order valence-electron chi connectivity index (χ2n) is 4.01. The van der Waals surface area contributed by atoms with E-state index in [9.17, 15) is 9.59 Å². The normalized spacial score (nSPS) is 23.9. The molecule has 1 N–H and O–H groups in total. The van der Waals surface area contributed by atoms with Crippen LogP contribution in [0.15, 0.2) is 12.7 Å². The molecule has 90 valence electrons. The molecular weight excluding hydrogens is 208 g/mol. The molecule has 0 spiro atoms. The van der Waals surface area contributed by atoms with Gasteiger partial charge in [0.2, 0.25) is 5.91 Å². The van der Waals surface area contributed by atoms with Crippen molar-refractivity contribution in [3.05, 3.63) is 12.7 Å². The summed E-state index contributed by atoms with van der Waals surface area (Å²) in [6.45, 7) is 3.79. The molecule has 1 aliphatic rings. The maximum Gasteiger partial charge on any atom is 0.251 e. The van der Waals surface area contributed by atoms with E-state index in [0.717, 1.165) is 6.42 Å². The fraction of sp³-hybridized carbons (Fsp3) is 0.636. The van der Waals surface area contributed by atoms with E-state index in [4.69, 9.17) is 4.74 Å². The highest BCUT2D eigenvalue weighted by Crippen LogP contribution is 2.20. The molecule has 5 heteroatoms. The molecule has 0 bridgehead atoms. The topological polar surface area (TPSA) is 58.6 Å². The summed E-state index contributed by atoms with van der Waals surface area (Å²) < 4.78 is 5.54. The summed E-state index contributed by atoms with van der Waals surface area (Å²) in [5, 5.41) is 2.66. The Bertz CT molecular complexity index is 289. The van der Waals surface area contributed by atoms with Crippen molar-refractivity contribution in [2.75, 3.05) is 20.6 Å². The molecule has 0 saturated carbocycles. The van der Waals surface area contributed by atoms with Crippen LogP contribution in [0, 0.1) is 0 Å². The Labute approximate surface area is 95.4 Å². The maximum absolute atomic E-state index is 11.6. The molecule has 0 aromatic carbocycles. The first-order valence-electron chi connectivity index (χ1n) is 5.31. The van der Waals surface area contributed by atoms with E-state index < -0.39 is 0 Å². The highest BCUT2D eigenvalue weighted by Gasteiger charge is 2.31. The van der Waals surface area contributed by atoms with Gasteiger partial charge in [-0.1, -0.05) is 6.58 Å². The van der Waals surface area contributed by atoms with Crippen LogP contribution in [0.3, 0.4) is 0 Å². The van der Waals surface area contributed by atoms with Gasteiger partial charge in [0.25, 0.3) is 5.91 Å². The highest BCUT2D eigenvalue weighted by molar-refractivity contribution is 5.86. The molecule has 1 rings (SSSR count). The fourth-order valence-electron chi connectivity index (χ4n) is 1.61. The molecule has 1 saturated heterocycles. The number of hydrogen-bond donors (Lipinski definition) is 1. The van der Waals surface area contributed by atoms with Crippen molar-refractivity contribution in [1.29, 1.82) is 0 Å². The van der Waals surface area contributed by atoms with Crippen molar-refractivity contribution < 1.29 is 14.3 Å². The summed E-state index contributed by atoms with van der Waals surface area (Å²) in [7, 11) is 3.41. The second-order valence-corrected chi connectivity index (χ2v) is 4.01. The number of nitrogens with one attached hydrogen (secondary N) is 1. The van der Waals surface area contributed by atoms with Crippen molar-refractivity contribution in [3.8, 4) is 0 Å². The van der Waals surface area contributed by atoms with Crippen LogP contribution >= 0.6 is 0 Å². The minimum absolute atomic E-state index is 0.0162. The number of hydrogen-bond acceptors (Lipinski definition) is 3. The molecule has 1 heterocycles. The minimum atomic E-state index is -0.361.